The lowest BCUT2D eigenvalue weighted by Crippen LogP contribution is -2.04. The van der Waals surface area contributed by atoms with E-state index in [-0.39, 0.29) is 0 Å². The third-order valence-electron chi connectivity index (χ3n) is 3.60. The van der Waals surface area contributed by atoms with Crippen molar-refractivity contribution in [3.05, 3.63) is 58.4 Å². The molecule has 0 aliphatic heterocycles. The number of halogens is 2. The molecule has 0 aliphatic carbocycles. The van der Waals surface area contributed by atoms with Crippen molar-refractivity contribution in [2.24, 2.45) is 0 Å². The molecular formula is C16H17Cl2N5. The number of unbranched alkanes of at least 4 members (excludes halogenated alkanes) is 1. The van der Waals surface area contributed by atoms with E-state index in [1.54, 1.807) is 16.8 Å². The van der Waals surface area contributed by atoms with Gasteiger partial charge in [0.25, 0.3) is 0 Å². The number of benzene rings is 1. The molecule has 0 unspecified atom stereocenters. The minimum absolute atomic E-state index is 0.498. The zero-order chi connectivity index (χ0) is 16.2. The first-order valence-corrected chi connectivity index (χ1v) is 8.29. The Kier molecular flexibility index (Phi) is 4.98. The van der Waals surface area contributed by atoms with Gasteiger partial charge in [-0.25, -0.2) is 9.67 Å². The second-order valence-electron chi connectivity index (χ2n) is 5.33. The van der Waals surface area contributed by atoms with Gasteiger partial charge in [-0.2, -0.15) is 0 Å². The maximum absolute atomic E-state index is 6.05. The van der Waals surface area contributed by atoms with Crippen LogP contribution in [0.1, 0.15) is 31.3 Å². The lowest BCUT2D eigenvalue weighted by molar-refractivity contribution is 0.668. The second kappa shape index (κ2) is 7.15. The van der Waals surface area contributed by atoms with Crippen LogP contribution in [0.5, 0.6) is 0 Å². The number of hydrogen-bond acceptors (Lipinski definition) is 3. The molecule has 0 fully saturated rings. The van der Waals surface area contributed by atoms with E-state index >= 15 is 0 Å². The molecular weight excluding hydrogens is 333 g/mol. The summed E-state index contributed by atoms with van der Waals surface area (Å²) < 4.78 is 3.80. The van der Waals surface area contributed by atoms with Gasteiger partial charge in [0.15, 0.2) is 0 Å². The third-order valence-corrected chi connectivity index (χ3v) is 4.34. The molecule has 120 valence electrons. The van der Waals surface area contributed by atoms with Gasteiger partial charge in [-0.1, -0.05) is 41.8 Å². The van der Waals surface area contributed by atoms with Crippen LogP contribution in [0.4, 0.5) is 0 Å². The van der Waals surface area contributed by atoms with Crippen molar-refractivity contribution in [1.82, 2.24) is 24.5 Å². The van der Waals surface area contributed by atoms with Crippen molar-refractivity contribution in [2.75, 3.05) is 0 Å². The highest BCUT2D eigenvalue weighted by atomic mass is 35.5. The summed E-state index contributed by atoms with van der Waals surface area (Å²) in [6.45, 7) is 2.83. The molecule has 23 heavy (non-hydrogen) atoms. The summed E-state index contributed by atoms with van der Waals surface area (Å²) in [6, 6.07) is 5.38. The van der Waals surface area contributed by atoms with Crippen LogP contribution in [-0.2, 0) is 13.0 Å². The molecule has 0 atom stereocenters. The molecule has 1 aromatic carbocycles. The SMILES string of the molecule is CCCCc1nccn1Cc1cn(-c2ccc(Cl)c(Cl)c2)nn1. The Morgan fingerprint density at radius 1 is 1.17 bits per heavy atom. The molecule has 0 saturated carbocycles. The number of hydrogen-bond donors (Lipinski definition) is 0. The number of aromatic nitrogens is 5. The predicted molar refractivity (Wildman–Crippen MR) is 91.3 cm³/mol. The molecule has 2 aromatic heterocycles. The van der Waals surface area contributed by atoms with Crippen LogP contribution >= 0.6 is 23.2 Å². The van der Waals surface area contributed by atoms with Crippen LogP contribution in [0.15, 0.2) is 36.8 Å². The van der Waals surface area contributed by atoms with E-state index in [2.05, 4.69) is 26.8 Å². The highest BCUT2D eigenvalue weighted by molar-refractivity contribution is 6.42. The highest BCUT2D eigenvalue weighted by Gasteiger charge is 2.08. The van der Waals surface area contributed by atoms with Gasteiger partial charge in [0.05, 0.1) is 28.5 Å². The maximum Gasteiger partial charge on any atom is 0.108 e. The summed E-state index contributed by atoms with van der Waals surface area (Å²) in [5.41, 5.74) is 1.70. The monoisotopic (exact) mass is 349 g/mol. The van der Waals surface area contributed by atoms with Gasteiger partial charge in [-0.3, -0.25) is 0 Å². The number of imidazole rings is 1. The number of nitrogens with zero attached hydrogens (tertiary/aromatic N) is 5. The van der Waals surface area contributed by atoms with E-state index in [0.29, 0.717) is 16.6 Å². The van der Waals surface area contributed by atoms with Crippen molar-refractivity contribution in [2.45, 2.75) is 32.7 Å². The molecule has 3 rings (SSSR count). The fourth-order valence-corrected chi connectivity index (χ4v) is 2.64. The van der Waals surface area contributed by atoms with Gasteiger partial charge in [0.2, 0.25) is 0 Å². The van der Waals surface area contributed by atoms with Crippen molar-refractivity contribution in [3.8, 4) is 5.69 Å². The molecule has 5 nitrogen and oxygen atoms in total. The fourth-order valence-electron chi connectivity index (χ4n) is 2.35. The molecule has 0 aliphatic rings. The topological polar surface area (TPSA) is 48.5 Å². The molecule has 0 radical (unpaired) electrons. The summed E-state index contributed by atoms with van der Waals surface area (Å²) in [4.78, 5) is 4.41. The highest BCUT2D eigenvalue weighted by Crippen LogP contribution is 2.24. The Bertz CT molecular complexity index is 793. The predicted octanol–water partition coefficient (Wildman–Crippen LogP) is 4.16. The molecule has 0 spiro atoms. The molecule has 7 heteroatoms. The molecule has 3 aromatic rings. The van der Waals surface area contributed by atoms with E-state index in [9.17, 15) is 0 Å². The summed E-state index contributed by atoms with van der Waals surface area (Å²) in [6.07, 6.45) is 8.96. The maximum atomic E-state index is 6.05. The molecule has 0 bridgehead atoms. The summed E-state index contributed by atoms with van der Waals surface area (Å²) in [5, 5.41) is 9.41. The third kappa shape index (κ3) is 3.74. The van der Waals surface area contributed by atoms with Gasteiger partial charge < -0.3 is 4.57 Å². The molecule has 2 heterocycles. The van der Waals surface area contributed by atoms with Crippen LogP contribution in [0.25, 0.3) is 5.69 Å². The standard InChI is InChI=1S/C16H17Cl2N5/c1-2-3-4-16-19-7-8-22(16)10-12-11-23(21-20-12)13-5-6-14(17)15(18)9-13/h5-9,11H,2-4,10H2,1H3. The Balaban J connectivity index is 1.77. The average Bonchev–Trinajstić information content (AvgIpc) is 3.18. The molecule has 0 N–H and O–H groups in total. The summed E-state index contributed by atoms with van der Waals surface area (Å²) >= 11 is 12.0. The zero-order valence-electron chi connectivity index (χ0n) is 12.8. The first-order chi connectivity index (χ1) is 11.2. The van der Waals surface area contributed by atoms with E-state index in [1.807, 2.05) is 24.7 Å². The van der Waals surface area contributed by atoms with E-state index in [0.717, 1.165) is 36.5 Å². The normalized spacial score (nSPS) is 11.1. The lowest BCUT2D eigenvalue weighted by Gasteiger charge is -2.05. The minimum Gasteiger partial charge on any atom is -0.329 e. The fraction of sp³-hybridized carbons (Fsp3) is 0.312. The summed E-state index contributed by atoms with van der Waals surface area (Å²) in [7, 11) is 0. The Hall–Kier alpha value is -1.85. The van der Waals surface area contributed by atoms with Crippen molar-refractivity contribution >= 4 is 23.2 Å². The Morgan fingerprint density at radius 2 is 2.04 bits per heavy atom. The van der Waals surface area contributed by atoms with E-state index < -0.39 is 0 Å². The van der Waals surface area contributed by atoms with Gasteiger partial charge >= 0.3 is 0 Å². The van der Waals surface area contributed by atoms with Crippen molar-refractivity contribution in [1.29, 1.82) is 0 Å². The van der Waals surface area contributed by atoms with Gasteiger partial charge in [0, 0.05) is 18.8 Å². The van der Waals surface area contributed by atoms with Gasteiger partial charge in [0.1, 0.15) is 11.5 Å². The van der Waals surface area contributed by atoms with Crippen LogP contribution in [0.2, 0.25) is 10.0 Å². The van der Waals surface area contributed by atoms with Crippen molar-refractivity contribution < 1.29 is 0 Å². The Morgan fingerprint density at radius 3 is 2.83 bits per heavy atom. The van der Waals surface area contributed by atoms with Gasteiger partial charge in [-0.15, -0.1) is 5.10 Å². The summed E-state index contributed by atoms with van der Waals surface area (Å²) in [5.74, 6) is 1.08. The van der Waals surface area contributed by atoms with Crippen LogP contribution in [0.3, 0.4) is 0 Å². The van der Waals surface area contributed by atoms with E-state index in [4.69, 9.17) is 23.2 Å². The number of rotatable bonds is 6. The van der Waals surface area contributed by atoms with Crippen LogP contribution in [0, 0.1) is 0 Å². The zero-order valence-corrected chi connectivity index (χ0v) is 14.3. The minimum atomic E-state index is 0.498. The smallest absolute Gasteiger partial charge is 0.108 e. The largest absolute Gasteiger partial charge is 0.329 e. The van der Waals surface area contributed by atoms with Crippen LogP contribution < -0.4 is 0 Å². The van der Waals surface area contributed by atoms with Gasteiger partial charge in [-0.05, 0) is 24.6 Å². The molecule has 0 saturated heterocycles. The Labute approximate surface area is 144 Å². The first-order valence-electron chi connectivity index (χ1n) is 7.54. The lowest BCUT2D eigenvalue weighted by atomic mass is 10.2. The second-order valence-corrected chi connectivity index (χ2v) is 6.14. The number of aryl methyl sites for hydroxylation is 1. The van der Waals surface area contributed by atoms with Crippen LogP contribution in [-0.4, -0.2) is 24.5 Å². The quantitative estimate of drug-likeness (QED) is 0.671. The van der Waals surface area contributed by atoms with Crippen molar-refractivity contribution in [3.63, 3.8) is 0 Å². The molecule has 0 amide bonds. The average molecular weight is 350 g/mol. The first kappa shape index (κ1) is 16.0. The van der Waals surface area contributed by atoms with E-state index in [1.165, 1.54) is 0 Å².